The van der Waals surface area contributed by atoms with Crippen molar-refractivity contribution in [1.29, 1.82) is 0 Å². The molecule has 1 aromatic heterocycles. The van der Waals surface area contributed by atoms with Crippen molar-refractivity contribution in [3.63, 3.8) is 0 Å². The molecule has 4 rings (SSSR count). The second-order valence-corrected chi connectivity index (χ2v) is 6.89. The lowest BCUT2D eigenvalue weighted by atomic mass is 9.86. The molecule has 0 aliphatic carbocycles. The number of likely N-dealkylation sites (N-methyl/N-ethyl adjacent to an activating group) is 1. The van der Waals surface area contributed by atoms with Gasteiger partial charge >= 0.3 is 0 Å². The molecule has 2 aliphatic rings. The Kier molecular flexibility index (Phi) is 4.12. The fourth-order valence-corrected chi connectivity index (χ4v) is 3.88. The molecular weight excluding hydrogens is 318 g/mol. The molecule has 1 N–H and O–H groups in total. The van der Waals surface area contributed by atoms with Crippen molar-refractivity contribution in [2.75, 3.05) is 38.1 Å². The monoisotopic (exact) mass is 341 g/mol. The summed E-state index contributed by atoms with van der Waals surface area (Å²) in [5, 5.41) is 15.4. The van der Waals surface area contributed by atoms with Crippen molar-refractivity contribution in [2.24, 2.45) is 0 Å². The minimum atomic E-state index is -0.0229. The average Bonchev–Trinajstić information content (AvgIpc) is 3.05. The van der Waals surface area contributed by atoms with Crippen LogP contribution in [0.25, 0.3) is 5.69 Å². The fourth-order valence-electron chi connectivity index (χ4n) is 3.88. The summed E-state index contributed by atoms with van der Waals surface area (Å²) in [6.45, 7) is 3.34. The van der Waals surface area contributed by atoms with Crippen molar-refractivity contribution in [3.05, 3.63) is 30.3 Å². The van der Waals surface area contributed by atoms with Crippen molar-refractivity contribution in [1.82, 2.24) is 30.4 Å². The maximum atomic E-state index is 11.8. The smallest absolute Gasteiger partial charge is 0.250 e. The Hall–Kier alpha value is -2.48. The van der Waals surface area contributed by atoms with Gasteiger partial charge < -0.3 is 10.2 Å². The predicted octanol–water partition coefficient (Wildman–Crippen LogP) is 0.453. The van der Waals surface area contributed by atoms with E-state index in [1.54, 1.807) is 4.68 Å². The predicted molar refractivity (Wildman–Crippen MR) is 93.6 cm³/mol. The molecule has 8 heteroatoms. The number of piperazine rings is 1. The summed E-state index contributed by atoms with van der Waals surface area (Å²) in [6, 6.07) is 9.94. The number of tetrazole rings is 1. The Bertz CT molecular complexity index is 746. The third kappa shape index (κ3) is 2.97. The lowest BCUT2D eigenvalue weighted by Crippen LogP contribution is -2.61. The van der Waals surface area contributed by atoms with E-state index in [0.717, 1.165) is 50.7 Å². The van der Waals surface area contributed by atoms with Crippen LogP contribution in [0.1, 0.15) is 19.3 Å². The van der Waals surface area contributed by atoms with E-state index >= 15 is 0 Å². The topological polar surface area (TPSA) is 79.2 Å². The van der Waals surface area contributed by atoms with E-state index in [-0.39, 0.29) is 11.4 Å². The Morgan fingerprint density at radius 2 is 2.00 bits per heavy atom. The van der Waals surface area contributed by atoms with Crippen LogP contribution in [-0.2, 0) is 4.79 Å². The SMILES string of the molecule is CN1CCN(c2nnnn2-c2ccccc2)C[C@@]12CCNC(=O)CC2. The summed E-state index contributed by atoms with van der Waals surface area (Å²) >= 11 is 0. The summed E-state index contributed by atoms with van der Waals surface area (Å²) < 4.78 is 1.79. The van der Waals surface area contributed by atoms with Gasteiger partial charge in [0.15, 0.2) is 0 Å². The van der Waals surface area contributed by atoms with Crippen molar-refractivity contribution in [2.45, 2.75) is 24.8 Å². The van der Waals surface area contributed by atoms with Crippen LogP contribution in [0.15, 0.2) is 30.3 Å². The second kappa shape index (κ2) is 6.44. The van der Waals surface area contributed by atoms with E-state index in [2.05, 4.69) is 37.7 Å². The molecular formula is C17H23N7O. The standard InChI is InChI=1S/C17H23N7O/c1-22-11-12-23(13-17(22)8-7-15(25)18-10-9-17)16-19-20-21-24(16)14-5-3-2-4-6-14/h2-6H,7-13H2,1H3,(H,18,25)/t17-/m1/s1. The highest BCUT2D eigenvalue weighted by Gasteiger charge is 2.42. The Balaban J connectivity index is 1.62. The first-order chi connectivity index (χ1) is 12.2. The number of amides is 1. The van der Waals surface area contributed by atoms with E-state index in [1.165, 1.54) is 0 Å². The fraction of sp³-hybridized carbons (Fsp3) is 0.529. The van der Waals surface area contributed by atoms with Gasteiger partial charge in [0.1, 0.15) is 0 Å². The lowest BCUT2D eigenvalue weighted by Gasteiger charge is -2.49. The minimum absolute atomic E-state index is 0.0229. The molecule has 2 aliphatic heterocycles. The average molecular weight is 341 g/mol. The van der Waals surface area contributed by atoms with Gasteiger partial charge in [0, 0.05) is 38.1 Å². The number of nitrogens with zero attached hydrogens (tertiary/aromatic N) is 6. The van der Waals surface area contributed by atoms with E-state index < -0.39 is 0 Å². The number of hydrogen-bond acceptors (Lipinski definition) is 6. The van der Waals surface area contributed by atoms with Crippen LogP contribution in [0.5, 0.6) is 0 Å². The number of anilines is 1. The molecule has 1 atom stereocenters. The molecule has 0 radical (unpaired) electrons. The van der Waals surface area contributed by atoms with E-state index in [0.29, 0.717) is 6.42 Å². The molecule has 0 bridgehead atoms. The van der Waals surface area contributed by atoms with Crippen LogP contribution in [0.2, 0.25) is 0 Å². The van der Waals surface area contributed by atoms with Gasteiger partial charge in [-0.3, -0.25) is 9.69 Å². The van der Waals surface area contributed by atoms with Crippen LogP contribution in [0.3, 0.4) is 0 Å². The molecule has 1 amide bonds. The second-order valence-electron chi connectivity index (χ2n) is 6.89. The lowest BCUT2D eigenvalue weighted by molar-refractivity contribution is -0.120. The van der Waals surface area contributed by atoms with E-state index in [4.69, 9.17) is 0 Å². The van der Waals surface area contributed by atoms with Crippen LogP contribution in [0.4, 0.5) is 5.95 Å². The van der Waals surface area contributed by atoms with Gasteiger partial charge in [-0.05, 0) is 42.4 Å². The van der Waals surface area contributed by atoms with Gasteiger partial charge in [0.05, 0.1) is 5.69 Å². The molecule has 8 nitrogen and oxygen atoms in total. The molecule has 2 fully saturated rings. The molecule has 1 aromatic carbocycles. The molecule has 1 spiro atoms. The zero-order valence-electron chi connectivity index (χ0n) is 14.4. The number of para-hydroxylation sites is 1. The number of nitrogens with one attached hydrogen (secondary N) is 1. The molecule has 132 valence electrons. The van der Waals surface area contributed by atoms with E-state index in [9.17, 15) is 4.79 Å². The maximum absolute atomic E-state index is 11.8. The summed E-state index contributed by atoms with van der Waals surface area (Å²) in [4.78, 5) is 16.4. The number of hydrogen-bond donors (Lipinski definition) is 1. The maximum Gasteiger partial charge on any atom is 0.250 e. The van der Waals surface area contributed by atoms with Gasteiger partial charge in [-0.15, -0.1) is 0 Å². The zero-order valence-corrected chi connectivity index (χ0v) is 14.4. The molecule has 0 unspecified atom stereocenters. The van der Waals surface area contributed by atoms with E-state index in [1.807, 2.05) is 30.3 Å². The Morgan fingerprint density at radius 3 is 2.84 bits per heavy atom. The van der Waals surface area contributed by atoms with Crippen molar-refractivity contribution in [3.8, 4) is 5.69 Å². The van der Waals surface area contributed by atoms with Crippen molar-refractivity contribution < 1.29 is 4.79 Å². The number of aromatic nitrogens is 4. The van der Waals surface area contributed by atoms with Gasteiger partial charge in [0.2, 0.25) is 11.9 Å². The third-order valence-corrected chi connectivity index (χ3v) is 5.47. The van der Waals surface area contributed by atoms with Crippen LogP contribution in [0, 0.1) is 0 Å². The highest BCUT2D eigenvalue weighted by Crippen LogP contribution is 2.32. The highest BCUT2D eigenvalue weighted by molar-refractivity contribution is 5.76. The third-order valence-electron chi connectivity index (χ3n) is 5.47. The molecule has 25 heavy (non-hydrogen) atoms. The quantitative estimate of drug-likeness (QED) is 0.855. The highest BCUT2D eigenvalue weighted by atomic mass is 16.1. The number of carbonyl (C=O) groups excluding carboxylic acids is 1. The number of rotatable bonds is 2. The summed E-state index contributed by atoms with van der Waals surface area (Å²) in [5.74, 6) is 0.915. The molecule has 2 aromatic rings. The van der Waals surface area contributed by atoms with Crippen LogP contribution < -0.4 is 10.2 Å². The van der Waals surface area contributed by atoms with Gasteiger partial charge in [-0.1, -0.05) is 23.3 Å². The molecule has 2 saturated heterocycles. The largest absolute Gasteiger partial charge is 0.356 e. The first kappa shape index (κ1) is 16.0. The first-order valence-corrected chi connectivity index (χ1v) is 8.75. The van der Waals surface area contributed by atoms with Crippen LogP contribution >= 0.6 is 0 Å². The Labute approximate surface area is 146 Å². The minimum Gasteiger partial charge on any atom is -0.356 e. The van der Waals surface area contributed by atoms with Crippen molar-refractivity contribution >= 4 is 11.9 Å². The summed E-state index contributed by atoms with van der Waals surface area (Å²) in [5.41, 5.74) is 0.929. The number of carbonyl (C=O) groups is 1. The normalized spacial score (nSPS) is 25.0. The van der Waals surface area contributed by atoms with Gasteiger partial charge in [-0.2, -0.15) is 4.68 Å². The Morgan fingerprint density at radius 1 is 1.16 bits per heavy atom. The molecule has 3 heterocycles. The van der Waals surface area contributed by atoms with Gasteiger partial charge in [-0.25, -0.2) is 0 Å². The zero-order chi connectivity index (χ0) is 17.3. The summed E-state index contributed by atoms with van der Waals surface area (Å²) in [6.07, 6.45) is 2.37. The van der Waals surface area contributed by atoms with Gasteiger partial charge in [0.25, 0.3) is 0 Å². The first-order valence-electron chi connectivity index (χ1n) is 8.75. The molecule has 0 saturated carbocycles. The summed E-state index contributed by atoms with van der Waals surface area (Å²) in [7, 11) is 2.16. The number of benzene rings is 1. The van der Waals surface area contributed by atoms with Crippen LogP contribution in [-0.4, -0.2) is 69.8 Å².